The number of aromatic nitrogens is 1. The van der Waals surface area contributed by atoms with Crippen LogP contribution in [0.3, 0.4) is 0 Å². The molecule has 4 heteroatoms. The minimum absolute atomic E-state index is 0.0655. The van der Waals surface area contributed by atoms with Crippen LogP contribution in [0.4, 0.5) is 0 Å². The molecule has 0 saturated heterocycles. The van der Waals surface area contributed by atoms with E-state index < -0.39 is 0 Å². The smallest absolute Gasteiger partial charge is 0.338 e. The van der Waals surface area contributed by atoms with Gasteiger partial charge in [0.15, 0.2) is 0 Å². The molecule has 2 rings (SSSR count). The second-order valence-electron chi connectivity index (χ2n) is 5.04. The minimum Gasteiger partial charge on any atom is -0.459 e. The van der Waals surface area contributed by atoms with Gasteiger partial charge in [-0.15, -0.1) is 0 Å². The summed E-state index contributed by atoms with van der Waals surface area (Å²) in [5.41, 5.74) is 6.76. The van der Waals surface area contributed by atoms with Gasteiger partial charge >= 0.3 is 5.97 Å². The lowest BCUT2D eigenvalue weighted by molar-refractivity contribution is 0.0155. The van der Waals surface area contributed by atoms with Crippen LogP contribution in [0.15, 0.2) is 18.3 Å². The van der Waals surface area contributed by atoms with Gasteiger partial charge in [-0.25, -0.2) is 4.79 Å². The van der Waals surface area contributed by atoms with Gasteiger partial charge in [0.05, 0.1) is 11.3 Å². The highest BCUT2D eigenvalue weighted by molar-refractivity contribution is 5.89. The summed E-state index contributed by atoms with van der Waals surface area (Å²) in [4.78, 5) is 16.1. The first kappa shape index (κ1) is 13.0. The standard InChI is InChI=1S/C14H20N2O2/c1-10-3-2-4-13(7-10)18-14(17)11-5-6-16-12(8-11)9-15/h5-6,8,10,13H,2-4,7,9,15H2,1H3. The number of hydrogen-bond donors (Lipinski definition) is 1. The number of rotatable bonds is 3. The first-order valence-corrected chi connectivity index (χ1v) is 6.55. The topological polar surface area (TPSA) is 65.2 Å². The zero-order valence-electron chi connectivity index (χ0n) is 10.8. The summed E-state index contributed by atoms with van der Waals surface area (Å²) >= 11 is 0. The van der Waals surface area contributed by atoms with Crippen molar-refractivity contribution >= 4 is 5.97 Å². The molecule has 1 aromatic heterocycles. The van der Waals surface area contributed by atoms with Gasteiger partial charge in [-0.1, -0.05) is 13.3 Å². The highest BCUT2D eigenvalue weighted by Gasteiger charge is 2.22. The number of hydrogen-bond acceptors (Lipinski definition) is 4. The van der Waals surface area contributed by atoms with Crippen molar-refractivity contribution in [2.75, 3.05) is 0 Å². The van der Waals surface area contributed by atoms with E-state index in [-0.39, 0.29) is 12.1 Å². The predicted molar refractivity (Wildman–Crippen MR) is 69.0 cm³/mol. The number of carbonyl (C=O) groups is 1. The molecule has 1 heterocycles. The zero-order chi connectivity index (χ0) is 13.0. The fraction of sp³-hybridized carbons (Fsp3) is 0.571. The first-order chi connectivity index (χ1) is 8.69. The third kappa shape index (κ3) is 3.29. The number of carbonyl (C=O) groups excluding carboxylic acids is 1. The molecule has 0 amide bonds. The van der Waals surface area contributed by atoms with E-state index in [1.54, 1.807) is 18.3 Å². The van der Waals surface area contributed by atoms with E-state index in [4.69, 9.17) is 10.5 Å². The Morgan fingerprint density at radius 2 is 2.39 bits per heavy atom. The Bertz CT molecular complexity index is 420. The van der Waals surface area contributed by atoms with E-state index in [1.165, 1.54) is 6.42 Å². The van der Waals surface area contributed by atoms with Crippen LogP contribution in [0.25, 0.3) is 0 Å². The minimum atomic E-state index is -0.258. The molecule has 1 aliphatic carbocycles. The van der Waals surface area contributed by atoms with Crippen molar-refractivity contribution in [2.45, 2.75) is 45.3 Å². The largest absolute Gasteiger partial charge is 0.459 e. The van der Waals surface area contributed by atoms with Gasteiger partial charge in [0.1, 0.15) is 6.10 Å². The lowest BCUT2D eigenvalue weighted by atomic mass is 9.89. The zero-order valence-corrected chi connectivity index (χ0v) is 10.8. The van der Waals surface area contributed by atoms with E-state index in [2.05, 4.69) is 11.9 Å². The molecule has 0 aliphatic heterocycles. The Morgan fingerprint density at radius 3 is 3.11 bits per heavy atom. The monoisotopic (exact) mass is 248 g/mol. The fourth-order valence-electron chi connectivity index (χ4n) is 2.42. The van der Waals surface area contributed by atoms with Crippen LogP contribution in [0.2, 0.25) is 0 Å². The molecule has 0 spiro atoms. The third-order valence-corrected chi connectivity index (χ3v) is 3.42. The molecule has 1 aliphatic rings. The van der Waals surface area contributed by atoms with Gasteiger partial charge in [0.25, 0.3) is 0 Å². The Kier molecular flexibility index (Phi) is 4.31. The van der Waals surface area contributed by atoms with E-state index in [0.717, 1.165) is 19.3 Å². The molecule has 0 bridgehead atoms. The van der Waals surface area contributed by atoms with Gasteiger partial charge in [-0.05, 0) is 37.3 Å². The Morgan fingerprint density at radius 1 is 1.56 bits per heavy atom. The lowest BCUT2D eigenvalue weighted by Gasteiger charge is -2.26. The number of nitrogens with zero attached hydrogens (tertiary/aromatic N) is 1. The van der Waals surface area contributed by atoms with Crippen molar-refractivity contribution in [3.8, 4) is 0 Å². The molecular weight excluding hydrogens is 228 g/mol. The summed E-state index contributed by atoms with van der Waals surface area (Å²) in [6, 6.07) is 3.38. The predicted octanol–water partition coefficient (Wildman–Crippen LogP) is 2.28. The SMILES string of the molecule is CC1CCCC(OC(=O)c2ccnc(CN)c2)C1. The molecule has 0 aromatic carbocycles. The summed E-state index contributed by atoms with van der Waals surface area (Å²) < 4.78 is 5.54. The van der Waals surface area contributed by atoms with Gasteiger partial charge in [-0.3, -0.25) is 4.98 Å². The fourth-order valence-corrected chi connectivity index (χ4v) is 2.42. The quantitative estimate of drug-likeness (QED) is 0.833. The van der Waals surface area contributed by atoms with Crippen LogP contribution >= 0.6 is 0 Å². The number of pyridine rings is 1. The van der Waals surface area contributed by atoms with Crippen LogP contribution in [0.5, 0.6) is 0 Å². The number of ether oxygens (including phenoxy) is 1. The van der Waals surface area contributed by atoms with Crippen molar-refractivity contribution in [3.63, 3.8) is 0 Å². The average Bonchev–Trinajstić information content (AvgIpc) is 2.39. The summed E-state index contributed by atoms with van der Waals surface area (Å²) in [6.45, 7) is 2.54. The van der Waals surface area contributed by atoms with Crippen molar-refractivity contribution in [1.29, 1.82) is 0 Å². The summed E-state index contributed by atoms with van der Waals surface area (Å²) in [5.74, 6) is 0.389. The maximum atomic E-state index is 12.0. The molecule has 18 heavy (non-hydrogen) atoms. The van der Waals surface area contributed by atoms with Crippen molar-refractivity contribution in [2.24, 2.45) is 11.7 Å². The molecule has 1 saturated carbocycles. The van der Waals surface area contributed by atoms with Crippen LogP contribution in [0, 0.1) is 5.92 Å². The van der Waals surface area contributed by atoms with Crippen molar-refractivity contribution in [3.05, 3.63) is 29.6 Å². The molecule has 2 atom stereocenters. The van der Waals surface area contributed by atoms with Crippen molar-refractivity contribution < 1.29 is 9.53 Å². The van der Waals surface area contributed by atoms with Gasteiger partial charge in [-0.2, -0.15) is 0 Å². The Balaban J connectivity index is 1.98. The second kappa shape index (κ2) is 5.96. The maximum absolute atomic E-state index is 12.0. The van der Waals surface area contributed by atoms with Crippen LogP contribution in [-0.4, -0.2) is 17.1 Å². The Hall–Kier alpha value is -1.42. The van der Waals surface area contributed by atoms with Crippen LogP contribution in [-0.2, 0) is 11.3 Å². The highest BCUT2D eigenvalue weighted by atomic mass is 16.5. The summed E-state index contributed by atoms with van der Waals surface area (Å²) in [7, 11) is 0. The molecule has 98 valence electrons. The van der Waals surface area contributed by atoms with E-state index in [1.807, 2.05) is 0 Å². The molecule has 1 fully saturated rings. The Labute approximate surface area is 108 Å². The molecule has 2 unspecified atom stereocenters. The lowest BCUT2D eigenvalue weighted by Crippen LogP contribution is -2.24. The molecular formula is C14H20N2O2. The van der Waals surface area contributed by atoms with E-state index in [0.29, 0.717) is 23.7 Å². The summed E-state index contributed by atoms with van der Waals surface area (Å²) in [6.07, 6.45) is 5.99. The first-order valence-electron chi connectivity index (χ1n) is 6.55. The molecule has 1 aromatic rings. The van der Waals surface area contributed by atoms with E-state index >= 15 is 0 Å². The van der Waals surface area contributed by atoms with Gasteiger partial charge < -0.3 is 10.5 Å². The van der Waals surface area contributed by atoms with Crippen molar-refractivity contribution in [1.82, 2.24) is 4.98 Å². The van der Waals surface area contributed by atoms with Crippen LogP contribution in [0.1, 0.15) is 48.7 Å². The third-order valence-electron chi connectivity index (χ3n) is 3.42. The normalized spacial score (nSPS) is 23.7. The number of nitrogens with two attached hydrogens (primary N) is 1. The molecule has 0 radical (unpaired) electrons. The van der Waals surface area contributed by atoms with Crippen LogP contribution < -0.4 is 5.73 Å². The summed E-state index contributed by atoms with van der Waals surface area (Å²) in [5, 5.41) is 0. The average molecular weight is 248 g/mol. The molecule has 4 nitrogen and oxygen atoms in total. The maximum Gasteiger partial charge on any atom is 0.338 e. The van der Waals surface area contributed by atoms with Gasteiger partial charge in [0.2, 0.25) is 0 Å². The number of esters is 1. The highest BCUT2D eigenvalue weighted by Crippen LogP contribution is 2.26. The second-order valence-corrected chi connectivity index (χ2v) is 5.04. The van der Waals surface area contributed by atoms with E-state index in [9.17, 15) is 4.79 Å². The molecule has 2 N–H and O–H groups in total. The van der Waals surface area contributed by atoms with Gasteiger partial charge in [0, 0.05) is 12.7 Å².